The van der Waals surface area contributed by atoms with E-state index >= 15 is 0 Å². The van der Waals surface area contributed by atoms with Gasteiger partial charge in [-0.1, -0.05) is 26.0 Å². The summed E-state index contributed by atoms with van der Waals surface area (Å²) in [6, 6.07) is 6.32. The van der Waals surface area contributed by atoms with Crippen molar-refractivity contribution in [3.05, 3.63) is 62.5 Å². The Labute approximate surface area is 161 Å². The predicted octanol–water partition coefficient (Wildman–Crippen LogP) is 3.49. The van der Waals surface area contributed by atoms with Crippen molar-refractivity contribution in [3.63, 3.8) is 0 Å². The Morgan fingerprint density at radius 2 is 1.85 bits per heavy atom. The van der Waals surface area contributed by atoms with Crippen LogP contribution in [0.4, 0.5) is 5.69 Å². The van der Waals surface area contributed by atoms with Crippen LogP contribution < -0.4 is 5.32 Å². The fourth-order valence-corrected chi connectivity index (χ4v) is 5.14. The Hall–Kier alpha value is -2.41. The summed E-state index contributed by atoms with van der Waals surface area (Å²) in [6.07, 6.45) is 1.12. The molecule has 0 saturated carbocycles. The highest BCUT2D eigenvalue weighted by Gasteiger charge is 2.44. The number of non-ortho nitro benzene ring substituents is 1. The number of dihydropyridines is 1. The number of nitro groups is 1. The van der Waals surface area contributed by atoms with Crippen molar-refractivity contribution in [1.82, 2.24) is 5.32 Å². The zero-order chi connectivity index (χ0) is 19.3. The van der Waals surface area contributed by atoms with Crippen molar-refractivity contribution in [2.75, 3.05) is 11.5 Å². The Morgan fingerprint density at radius 3 is 2.59 bits per heavy atom. The molecular formula is C20H20N2O4S. The first-order valence-electron chi connectivity index (χ1n) is 8.88. The van der Waals surface area contributed by atoms with E-state index in [2.05, 4.69) is 19.2 Å². The molecule has 1 unspecified atom stereocenters. The van der Waals surface area contributed by atoms with Crippen LogP contribution in [-0.4, -0.2) is 28.0 Å². The van der Waals surface area contributed by atoms with Gasteiger partial charge in [0.15, 0.2) is 11.6 Å². The maximum atomic E-state index is 13.1. The molecule has 2 heterocycles. The van der Waals surface area contributed by atoms with Gasteiger partial charge in [-0.3, -0.25) is 19.7 Å². The lowest BCUT2D eigenvalue weighted by Gasteiger charge is -2.41. The zero-order valence-corrected chi connectivity index (χ0v) is 16.0. The SMILES string of the molecule is CC1(C)CC(=O)C2=C(C1)NC1=C(C(=O)CSC1)C2c1cccc([N+](=O)[O-])c1. The third-order valence-corrected chi connectivity index (χ3v) is 6.28. The molecule has 140 valence electrons. The minimum absolute atomic E-state index is 0.00515. The topological polar surface area (TPSA) is 89.3 Å². The van der Waals surface area contributed by atoms with Crippen LogP contribution in [0, 0.1) is 15.5 Å². The minimum atomic E-state index is -0.520. The Kier molecular flexibility index (Phi) is 4.22. The molecule has 0 spiro atoms. The van der Waals surface area contributed by atoms with Crippen LogP contribution in [0.3, 0.4) is 0 Å². The van der Waals surface area contributed by atoms with E-state index in [4.69, 9.17) is 0 Å². The maximum absolute atomic E-state index is 13.1. The van der Waals surface area contributed by atoms with Gasteiger partial charge in [0.1, 0.15) is 0 Å². The van der Waals surface area contributed by atoms with Crippen LogP contribution in [0.5, 0.6) is 0 Å². The molecule has 0 bridgehead atoms. The van der Waals surface area contributed by atoms with E-state index in [0.29, 0.717) is 34.6 Å². The maximum Gasteiger partial charge on any atom is 0.269 e. The lowest BCUT2D eigenvalue weighted by molar-refractivity contribution is -0.384. The molecule has 1 aromatic rings. The summed E-state index contributed by atoms with van der Waals surface area (Å²) in [6.45, 7) is 4.12. The van der Waals surface area contributed by atoms with E-state index in [9.17, 15) is 19.7 Å². The van der Waals surface area contributed by atoms with Crippen molar-refractivity contribution in [2.45, 2.75) is 32.6 Å². The second kappa shape index (κ2) is 6.34. The lowest BCUT2D eigenvalue weighted by atomic mass is 9.68. The third kappa shape index (κ3) is 3.10. The van der Waals surface area contributed by atoms with E-state index in [1.165, 1.54) is 12.1 Å². The Morgan fingerprint density at radius 1 is 1.11 bits per heavy atom. The standard InChI is InChI=1S/C20H20N2O4S/c1-20(2)7-13-18(15(23)8-20)17(11-4-3-5-12(6-11)22(25)26)19-14(21-13)9-27-10-16(19)24/h3-6,17,21H,7-10H2,1-2H3. The largest absolute Gasteiger partial charge is 0.361 e. The molecule has 7 heteroatoms. The Balaban J connectivity index is 1.91. The molecule has 0 amide bonds. The third-order valence-electron chi connectivity index (χ3n) is 5.32. The molecule has 4 rings (SSSR count). The van der Waals surface area contributed by atoms with Gasteiger partial charge in [-0.15, -0.1) is 11.8 Å². The molecule has 0 fully saturated rings. The van der Waals surface area contributed by atoms with Crippen LogP contribution in [0.15, 0.2) is 46.8 Å². The number of nitrogens with zero attached hydrogens (tertiary/aromatic N) is 1. The fourth-order valence-electron chi connectivity index (χ4n) is 4.27. The molecule has 6 nitrogen and oxygen atoms in total. The van der Waals surface area contributed by atoms with Gasteiger partial charge in [0.25, 0.3) is 5.69 Å². The number of thioether (sulfide) groups is 1. The summed E-state index contributed by atoms with van der Waals surface area (Å²) < 4.78 is 0. The van der Waals surface area contributed by atoms with Crippen LogP contribution in [0.1, 0.15) is 38.2 Å². The van der Waals surface area contributed by atoms with Gasteiger partial charge in [0.05, 0.1) is 10.7 Å². The molecule has 2 aliphatic heterocycles. The van der Waals surface area contributed by atoms with Crippen LogP contribution >= 0.6 is 11.8 Å². The predicted molar refractivity (Wildman–Crippen MR) is 103 cm³/mol. The van der Waals surface area contributed by atoms with E-state index in [1.807, 2.05) is 0 Å². The number of hydrogen-bond acceptors (Lipinski definition) is 6. The summed E-state index contributed by atoms with van der Waals surface area (Å²) in [5.74, 6) is 0.539. The summed E-state index contributed by atoms with van der Waals surface area (Å²) in [5.41, 5.74) is 3.37. The highest BCUT2D eigenvalue weighted by molar-refractivity contribution is 8.00. The lowest BCUT2D eigenvalue weighted by Crippen LogP contribution is -2.40. The number of ketones is 2. The van der Waals surface area contributed by atoms with Gasteiger partial charge < -0.3 is 5.32 Å². The van der Waals surface area contributed by atoms with E-state index in [0.717, 1.165) is 17.8 Å². The molecule has 0 aromatic heterocycles. The normalized spacial score (nSPS) is 24.3. The van der Waals surface area contributed by atoms with Gasteiger partial charge >= 0.3 is 0 Å². The highest BCUT2D eigenvalue weighted by atomic mass is 32.2. The van der Waals surface area contributed by atoms with Crippen molar-refractivity contribution in [3.8, 4) is 0 Å². The quantitative estimate of drug-likeness (QED) is 0.620. The summed E-state index contributed by atoms with van der Waals surface area (Å²) >= 11 is 1.55. The number of nitro benzene ring substituents is 1. The molecule has 0 saturated heterocycles. The van der Waals surface area contributed by atoms with Crippen molar-refractivity contribution < 1.29 is 14.5 Å². The van der Waals surface area contributed by atoms with E-state index < -0.39 is 10.8 Å². The van der Waals surface area contributed by atoms with Gasteiger partial charge in [0.2, 0.25) is 0 Å². The highest BCUT2D eigenvalue weighted by Crippen LogP contribution is 2.48. The van der Waals surface area contributed by atoms with Crippen LogP contribution in [0.2, 0.25) is 0 Å². The minimum Gasteiger partial charge on any atom is -0.361 e. The first-order valence-corrected chi connectivity index (χ1v) is 10.0. The molecule has 3 aliphatic rings. The monoisotopic (exact) mass is 384 g/mol. The van der Waals surface area contributed by atoms with Gasteiger partial charge in [-0.25, -0.2) is 0 Å². The molecule has 1 aromatic carbocycles. The van der Waals surface area contributed by atoms with Crippen molar-refractivity contribution in [1.29, 1.82) is 0 Å². The van der Waals surface area contributed by atoms with Crippen LogP contribution in [0.25, 0.3) is 0 Å². The second-order valence-corrected chi connectivity index (χ2v) is 9.04. The van der Waals surface area contributed by atoms with Gasteiger partial charge in [-0.05, 0) is 17.4 Å². The zero-order valence-electron chi connectivity index (χ0n) is 15.2. The summed E-state index contributed by atoms with van der Waals surface area (Å²) in [7, 11) is 0. The molecule has 1 aliphatic carbocycles. The van der Waals surface area contributed by atoms with E-state index in [1.54, 1.807) is 23.9 Å². The van der Waals surface area contributed by atoms with Gasteiger partial charge in [0, 0.05) is 52.8 Å². The number of allylic oxidation sites excluding steroid dienone is 3. The number of carbonyl (C=O) groups is 2. The molecule has 1 atom stereocenters. The molecule has 27 heavy (non-hydrogen) atoms. The fraction of sp³-hybridized carbons (Fsp3) is 0.400. The van der Waals surface area contributed by atoms with Gasteiger partial charge in [-0.2, -0.15) is 0 Å². The average Bonchev–Trinajstić information content (AvgIpc) is 2.59. The summed E-state index contributed by atoms with van der Waals surface area (Å²) in [4.78, 5) is 36.6. The van der Waals surface area contributed by atoms with Crippen molar-refractivity contribution in [2.24, 2.45) is 5.41 Å². The smallest absolute Gasteiger partial charge is 0.269 e. The first-order chi connectivity index (χ1) is 12.8. The van der Waals surface area contributed by atoms with E-state index in [-0.39, 0.29) is 22.7 Å². The first kappa shape index (κ1) is 18.0. The number of carbonyl (C=O) groups excluding carboxylic acids is 2. The number of benzene rings is 1. The van der Waals surface area contributed by atoms with Crippen molar-refractivity contribution >= 4 is 29.0 Å². The summed E-state index contributed by atoms with van der Waals surface area (Å²) in [5, 5.41) is 14.6. The molecule has 1 N–H and O–H groups in total. The number of hydrogen-bond donors (Lipinski definition) is 1. The Bertz CT molecular complexity index is 945. The molecule has 0 radical (unpaired) electrons. The number of nitrogens with one attached hydrogen (secondary N) is 1. The number of rotatable bonds is 2. The molecular weight excluding hydrogens is 364 g/mol. The average molecular weight is 384 g/mol. The second-order valence-electron chi connectivity index (χ2n) is 8.05. The number of Topliss-reactive ketones (excluding diaryl/α,β-unsaturated/α-hetero) is 2. The van der Waals surface area contributed by atoms with Crippen LogP contribution in [-0.2, 0) is 9.59 Å².